The summed E-state index contributed by atoms with van der Waals surface area (Å²) in [5, 5.41) is 1.01. The number of ether oxygens (including phenoxy) is 1. The molecule has 0 unspecified atom stereocenters. The molecule has 0 saturated carbocycles. The van der Waals surface area contributed by atoms with Gasteiger partial charge in [-0.3, -0.25) is 9.69 Å². The summed E-state index contributed by atoms with van der Waals surface area (Å²) in [7, 11) is 3.55. The number of rotatable bonds is 4. The number of nitrogens with zero attached hydrogens (tertiary/aromatic N) is 4. The summed E-state index contributed by atoms with van der Waals surface area (Å²) < 4.78 is 6.09. The van der Waals surface area contributed by atoms with Gasteiger partial charge in [0.25, 0.3) is 5.91 Å². The number of hydrogen-bond donors (Lipinski definition) is 1. The number of aromatic nitrogens is 3. The van der Waals surface area contributed by atoms with Gasteiger partial charge in [-0.25, -0.2) is 9.97 Å². The predicted molar refractivity (Wildman–Crippen MR) is 100 cm³/mol. The number of imidazole rings is 1. The molecule has 3 aromatic rings. The third-order valence-corrected chi connectivity index (χ3v) is 5.62. The number of hydrogen-bond acceptors (Lipinski definition) is 6. The second-order valence-corrected chi connectivity index (χ2v) is 7.53. The van der Waals surface area contributed by atoms with Crippen LogP contribution in [0.4, 0.5) is 0 Å². The number of amides is 1. The number of carbonyl (C=O) groups is 1. The lowest BCUT2D eigenvalue weighted by atomic mass is 10.0. The first-order chi connectivity index (χ1) is 12.6. The summed E-state index contributed by atoms with van der Waals surface area (Å²) >= 11 is 1.44. The molecule has 1 N–H and O–H groups in total. The highest BCUT2D eigenvalue weighted by atomic mass is 32.1. The Morgan fingerprint density at radius 1 is 1.42 bits per heavy atom. The Balaban J connectivity index is 1.68. The van der Waals surface area contributed by atoms with E-state index in [9.17, 15) is 4.79 Å². The van der Waals surface area contributed by atoms with Crippen molar-refractivity contribution in [2.45, 2.75) is 12.6 Å². The van der Waals surface area contributed by atoms with E-state index in [2.05, 4.69) is 19.9 Å². The second kappa shape index (κ2) is 7.14. The molecule has 0 bridgehead atoms. The van der Waals surface area contributed by atoms with Gasteiger partial charge >= 0.3 is 0 Å². The van der Waals surface area contributed by atoms with Gasteiger partial charge < -0.3 is 14.6 Å². The summed E-state index contributed by atoms with van der Waals surface area (Å²) in [6.07, 6.45) is 5.20. The van der Waals surface area contributed by atoms with Crippen LogP contribution in [0.1, 0.15) is 27.2 Å². The maximum Gasteiger partial charge on any atom is 0.263 e. The minimum atomic E-state index is -0.157. The second-order valence-electron chi connectivity index (χ2n) is 6.53. The maximum absolute atomic E-state index is 12.7. The van der Waals surface area contributed by atoms with Crippen molar-refractivity contribution in [3.63, 3.8) is 0 Å². The first-order valence-corrected chi connectivity index (χ1v) is 9.36. The van der Waals surface area contributed by atoms with Crippen molar-refractivity contribution < 1.29 is 9.53 Å². The van der Waals surface area contributed by atoms with Crippen molar-refractivity contribution in [1.29, 1.82) is 0 Å². The van der Waals surface area contributed by atoms with Gasteiger partial charge in [0.05, 0.1) is 19.3 Å². The third-order valence-electron chi connectivity index (χ3n) is 4.51. The Kier molecular flexibility index (Phi) is 4.71. The van der Waals surface area contributed by atoms with Crippen LogP contribution in [0.3, 0.4) is 0 Å². The van der Waals surface area contributed by atoms with Gasteiger partial charge in [-0.15, -0.1) is 11.3 Å². The van der Waals surface area contributed by atoms with Crippen molar-refractivity contribution in [2.24, 2.45) is 0 Å². The van der Waals surface area contributed by atoms with Crippen LogP contribution in [0.5, 0.6) is 0 Å². The summed E-state index contributed by atoms with van der Waals surface area (Å²) in [4.78, 5) is 30.1. The minimum absolute atomic E-state index is 0.00485. The topological polar surface area (TPSA) is 74.4 Å². The molecule has 0 spiro atoms. The Labute approximate surface area is 155 Å². The van der Waals surface area contributed by atoms with Crippen LogP contribution in [0.25, 0.3) is 10.2 Å². The summed E-state index contributed by atoms with van der Waals surface area (Å²) in [6, 6.07) is 3.93. The fourth-order valence-corrected chi connectivity index (χ4v) is 4.47. The quantitative estimate of drug-likeness (QED) is 0.762. The molecule has 7 nitrogen and oxygen atoms in total. The van der Waals surface area contributed by atoms with Crippen LogP contribution in [-0.2, 0) is 11.3 Å². The molecular weight excluding hydrogens is 350 g/mol. The van der Waals surface area contributed by atoms with E-state index in [1.54, 1.807) is 31.4 Å². The zero-order chi connectivity index (χ0) is 18.1. The molecule has 26 heavy (non-hydrogen) atoms. The van der Waals surface area contributed by atoms with Gasteiger partial charge in [0.2, 0.25) is 0 Å². The monoisotopic (exact) mass is 371 g/mol. The fourth-order valence-electron chi connectivity index (χ4n) is 3.25. The number of aromatic amines is 1. The average molecular weight is 371 g/mol. The SMILES string of the molecule is CN(C)C(=O)c1sc2ncccc2c1[C@H]1CN(Cc2ncc[nH]2)CCO1. The number of thiophene rings is 1. The highest BCUT2D eigenvalue weighted by Gasteiger charge is 2.30. The molecule has 1 saturated heterocycles. The van der Waals surface area contributed by atoms with Crippen LogP contribution >= 0.6 is 11.3 Å². The van der Waals surface area contributed by atoms with Crippen molar-refractivity contribution in [1.82, 2.24) is 24.8 Å². The molecule has 1 fully saturated rings. The first kappa shape index (κ1) is 17.1. The van der Waals surface area contributed by atoms with Gasteiger partial charge in [0, 0.05) is 56.7 Å². The lowest BCUT2D eigenvalue weighted by Gasteiger charge is -2.33. The van der Waals surface area contributed by atoms with E-state index in [-0.39, 0.29) is 12.0 Å². The molecule has 0 aromatic carbocycles. The number of fused-ring (bicyclic) bond motifs is 1. The molecule has 0 aliphatic carbocycles. The van der Waals surface area contributed by atoms with Crippen molar-refractivity contribution in [2.75, 3.05) is 33.8 Å². The van der Waals surface area contributed by atoms with Crippen LogP contribution in [-0.4, -0.2) is 64.5 Å². The molecule has 4 rings (SSSR count). The Morgan fingerprint density at radius 2 is 2.31 bits per heavy atom. The molecule has 1 aliphatic heterocycles. The zero-order valence-electron chi connectivity index (χ0n) is 14.8. The zero-order valence-corrected chi connectivity index (χ0v) is 15.6. The number of carbonyl (C=O) groups excluding carboxylic acids is 1. The molecule has 1 aliphatic rings. The van der Waals surface area contributed by atoms with Crippen LogP contribution < -0.4 is 0 Å². The standard InChI is InChI=1S/C18H21N5O2S/c1-22(2)18(24)16-15(12-4-3-5-21-17(12)26-16)13-10-23(8-9-25-13)11-14-19-6-7-20-14/h3-7,13H,8-11H2,1-2H3,(H,19,20)/t13-/m1/s1. The average Bonchev–Trinajstić information content (AvgIpc) is 3.28. The summed E-state index contributed by atoms with van der Waals surface area (Å²) in [5.74, 6) is 0.932. The molecule has 136 valence electrons. The number of pyridine rings is 1. The van der Waals surface area contributed by atoms with E-state index < -0.39 is 0 Å². The maximum atomic E-state index is 12.7. The molecule has 0 radical (unpaired) electrons. The molecule has 1 atom stereocenters. The van der Waals surface area contributed by atoms with Crippen LogP contribution in [0.2, 0.25) is 0 Å². The Bertz CT molecular complexity index is 906. The van der Waals surface area contributed by atoms with E-state index in [1.807, 2.05) is 18.3 Å². The number of nitrogens with one attached hydrogen (secondary N) is 1. The third kappa shape index (κ3) is 3.23. The van der Waals surface area contributed by atoms with Gasteiger partial charge in [-0.2, -0.15) is 0 Å². The van der Waals surface area contributed by atoms with Gasteiger partial charge in [0.15, 0.2) is 0 Å². The lowest BCUT2D eigenvalue weighted by molar-refractivity contribution is -0.0330. The highest BCUT2D eigenvalue weighted by Crippen LogP contribution is 2.37. The van der Waals surface area contributed by atoms with E-state index in [0.717, 1.165) is 41.2 Å². The molecule has 3 aromatic heterocycles. The lowest BCUT2D eigenvalue weighted by Crippen LogP contribution is -2.38. The summed E-state index contributed by atoms with van der Waals surface area (Å²) in [6.45, 7) is 2.92. The van der Waals surface area contributed by atoms with Crippen LogP contribution in [0, 0.1) is 0 Å². The molecular formula is C18H21N5O2S. The predicted octanol–water partition coefficient (Wildman–Crippen LogP) is 2.29. The van der Waals surface area contributed by atoms with E-state index in [1.165, 1.54) is 11.3 Å². The smallest absolute Gasteiger partial charge is 0.263 e. The Hall–Kier alpha value is -2.29. The molecule has 4 heterocycles. The van der Waals surface area contributed by atoms with Crippen molar-refractivity contribution in [3.05, 3.63) is 47.0 Å². The van der Waals surface area contributed by atoms with Crippen molar-refractivity contribution in [3.8, 4) is 0 Å². The van der Waals surface area contributed by atoms with Crippen molar-refractivity contribution >= 4 is 27.5 Å². The fraction of sp³-hybridized carbons (Fsp3) is 0.389. The summed E-state index contributed by atoms with van der Waals surface area (Å²) in [5.41, 5.74) is 0.959. The number of morpholine rings is 1. The van der Waals surface area contributed by atoms with Gasteiger partial charge in [-0.05, 0) is 6.07 Å². The van der Waals surface area contributed by atoms with Crippen LogP contribution in [0.15, 0.2) is 30.7 Å². The van der Waals surface area contributed by atoms with E-state index in [0.29, 0.717) is 11.5 Å². The van der Waals surface area contributed by atoms with Gasteiger partial charge in [0.1, 0.15) is 15.5 Å². The largest absolute Gasteiger partial charge is 0.371 e. The number of H-pyrrole nitrogens is 1. The molecule has 1 amide bonds. The van der Waals surface area contributed by atoms with E-state index in [4.69, 9.17) is 4.74 Å². The molecule has 8 heteroatoms. The van der Waals surface area contributed by atoms with Gasteiger partial charge in [-0.1, -0.05) is 6.07 Å². The van der Waals surface area contributed by atoms with E-state index >= 15 is 0 Å². The first-order valence-electron chi connectivity index (χ1n) is 8.54. The minimum Gasteiger partial charge on any atom is -0.371 e. The normalized spacial score (nSPS) is 18.3. The highest BCUT2D eigenvalue weighted by molar-refractivity contribution is 7.20. The Morgan fingerprint density at radius 3 is 3.08 bits per heavy atom.